The maximum atomic E-state index is 11.2. The molecule has 13 heavy (non-hydrogen) atoms. The lowest BCUT2D eigenvalue weighted by molar-refractivity contribution is 0.0940. The van der Waals surface area contributed by atoms with Gasteiger partial charge >= 0.3 is 0 Å². The van der Waals surface area contributed by atoms with Gasteiger partial charge in [0.1, 0.15) is 5.76 Å². The number of hydrogen-bond donors (Lipinski definition) is 1. The molecule has 70 valence electrons. The van der Waals surface area contributed by atoms with E-state index in [0.29, 0.717) is 5.76 Å². The molecule has 1 heterocycles. The number of Topliss-reactive ketones (excluding diaryl/α,β-unsaturated/α-hetero) is 1. The summed E-state index contributed by atoms with van der Waals surface area (Å²) >= 11 is 0. The molecule has 5 nitrogen and oxygen atoms in total. The van der Waals surface area contributed by atoms with Crippen LogP contribution in [0.15, 0.2) is 4.52 Å². The van der Waals surface area contributed by atoms with Gasteiger partial charge in [0.15, 0.2) is 11.5 Å². The van der Waals surface area contributed by atoms with Crippen molar-refractivity contribution >= 4 is 11.7 Å². The van der Waals surface area contributed by atoms with E-state index in [-0.39, 0.29) is 17.0 Å². The Balaban J connectivity index is 3.22. The summed E-state index contributed by atoms with van der Waals surface area (Å²) in [5, 5.41) is 5.88. The highest BCUT2D eigenvalue weighted by molar-refractivity contribution is 6.06. The first-order valence-electron chi connectivity index (χ1n) is 3.77. The van der Waals surface area contributed by atoms with E-state index in [9.17, 15) is 9.59 Å². The number of nitrogens with zero attached hydrogens (tertiary/aromatic N) is 1. The van der Waals surface area contributed by atoms with Crippen LogP contribution in [0.1, 0.15) is 33.5 Å². The summed E-state index contributed by atoms with van der Waals surface area (Å²) in [7, 11) is 1.47. The molecular weight excluding hydrogens is 172 g/mol. The Morgan fingerprint density at radius 1 is 1.46 bits per heavy atom. The Hall–Kier alpha value is -1.65. The number of carbonyl (C=O) groups excluding carboxylic acids is 2. The molecule has 0 bridgehead atoms. The smallest absolute Gasteiger partial charge is 0.273 e. The van der Waals surface area contributed by atoms with Crippen molar-refractivity contribution < 1.29 is 14.1 Å². The number of ketones is 1. The molecule has 0 aliphatic carbocycles. The second-order valence-corrected chi connectivity index (χ2v) is 2.60. The molecule has 5 heteroatoms. The van der Waals surface area contributed by atoms with Crippen molar-refractivity contribution in [2.45, 2.75) is 13.8 Å². The fourth-order valence-corrected chi connectivity index (χ4v) is 1.06. The molecule has 1 aromatic rings. The lowest BCUT2D eigenvalue weighted by Gasteiger charge is -1.95. The van der Waals surface area contributed by atoms with Crippen LogP contribution in [0.25, 0.3) is 0 Å². The average Bonchev–Trinajstić information content (AvgIpc) is 2.45. The summed E-state index contributed by atoms with van der Waals surface area (Å²) in [6.45, 7) is 2.96. The molecule has 0 aliphatic heterocycles. The monoisotopic (exact) mass is 182 g/mol. The van der Waals surface area contributed by atoms with Gasteiger partial charge in [-0.05, 0) is 13.8 Å². The lowest BCUT2D eigenvalue weighted by Crippen LogP contribution is -2.20. The van der Waals surface area contributed by atoms with Crippen LogP contribution in [0.5, 0.6) is 0 Å². The zero-order valence-corrected chi connectivity index (χ0v) is 7.67. The van der Waals surface area contributed by atoms with E-state index in [1.807, 2.05) is 0 Å². The number of nitrogens with one attached hydrogen (secondary N) is 1. The lowest BCUT2D eigenvalue weighted by atomic mass is 10.1. The minimum atomic E-state index is -0.415. The molecule has 0 atom stereocenters. The van der Waals surface area contributed by atoms with Crippen LogP contribution in [0, 0.1) is 6.92 Å². The van der Waals surface area contributed by atoms with E-state index >= 15 is 0 Å². The third-order valence-electron chi connectivity index (χ3n) is 1.66. The third kappa shape index (κ3) is 1.58. The second kappa shape index (κ2) is 3.38. The summed E-state index contributed by atoms with van der Waals surface area (Å²) in [5.41, 5.74) is 0.298. The van der Waals surface area contributed by atoms with Gasteiger partial charge in [-0.15, -0.1) is 0 Å². The van der Waals surface area contributed by atoms with E-state index in [1.54, 1.807) is 6.92 Å². The van der Waals surface area contributed by atoms with Gasteiger partial charge in [-0.2, -0.15) is 0 Å². The Kier molecular flexibility index (Phi) is 2.46. The van der Waals surface area contributed by atoms with Gasteiger partial charge in [0.05, 0.1) is 5.56 Å². The summed E-state index contributed by atoms with van der Waals surface area (Å²) in [6.07, 6.45) is 0. The van der Waals surface area contributed by atoms with Crippen LogP contribution in [0.4, 0.5) is 0 Å². The van der Waals surface area contributed by atoms with Crippen molar-refractivity contribution in [3.05, 3.63) is 17.0 Å². The van der Waals surface area contributed by atoms with Gasteiger partial charge in [0.25, 0.3) is 5.91 Å². The number of hydrogen-bond acceptors (Lipinski definition) is 4. The predicted octanol–water partition coefficient (Wildman–Crippen LogP) is 0.545. The first-order valence-corrected chi connectivity index (χ1v) is 3.77. The third-order valence-corrected chi connectivity index (χ3v) is 1.66. The largest absolute Gasteiger partial charge is 0.360 e. The SMILES string of the molecule is CNC(=O)c1noc(C)c1C(C)=O. The standard InChI is InChI=1S/C8H10N2O3/c1-4(11)6-5(2)13-10-7(6)8(12)9-3/h1-3H3,(H,9,12). The molecule has 1 amide bonds. The van der Waals surface area contributed by atoms with Crippen molar-refractivity contribution in [3.63, 3.8) is 0 Å². The molecule has 1 aromatic heterocycles. The highest BCUT2D eigenvalue weighted by atomic mass is 16.5. The van der Waals surface area contributed by atoms with Gasteiger partial charge in [-0.1, -0.05) is 5.16 Å². The Bertz CT molecular complexity index is 354. The molecule has 0 unspecified atom stereocenters. The Morgan fingerprint density at radius 2 is 2.08 bits per heavy atom. The van der Waals surface area contributed by atoms with Crippen molar-refractivity contribution in [3.8, 4) is 0 Å². The quantitative estimate of drug-likeness (QED) is 0.678. The van der Waals surface area contributed by atoms with E-state index in [4.69, 9.17) is 4.52 Å². The number of aromatic nitrogens is 1. The number of amides is 1. The summed E-state index contributed by atoms with van der Waals surface area (Å²) in [5.74, 6) is -0.273. The molecule has 0 radical (unpaired) electrons. The van der Waals surface area contributed by atoms with Gasteiger partial charge in [-0.25, -0.2) is 0 Å². The van der Waals surface area contributed by atoms with Crippen LogP contribution in [0.2, 0.25) is 0 Å². The zero-order chi connectivity index (χ0) is 10.0. The van der Waals surface area contributed by atoms with E-state index in [2.05, 4.69) is 10.5 Å². The van der Waals surface area contributed by atoms with Crippen LogP contribution in [0.3, 0.4) is 0 Å². The van der Waals surface area contributed by atoms with Crippen molar-refractivity contribution in [1.82, 2.24) is 10.5 Å². The molecule has 0 aromatic carbocycles. The summed E-state index contributed by atoms with van der Waals surface area (Å²) in [4.78, 5) is 22.3. The number of aryl methyl sites for hydroxylation is 1. The number of rotatable bonds is 2. The van der Waals surface area contributed by atoms with Crippen molar-refractivity contribution in [2.75, 3.05) is 7.05 Å². The molecule has 0 spiro atoms. The maximum Gasteiger partial charge on any atom is 0.273 e. The maximum absolute atomic E-state index is 11.2. The minimum Gasteiger partial charge on any atom is -0.360 e. The normalized spacial score (nSPS) is 9.77. The zero-order valence-electron chi connectivity index (χ0n) is 7.67. The van der Waals surface area contributed by atoms with Gasteiger partial charge in [0.2, 0.25) is 0 Å². The molecule has 0 saturated carbocycles. The van der Waals surface area contributed by atoms with Crippen LogP contribution in [-0.4, -0.2) is 23.9 Å². The van der Waals surface area contributed by atoms with Gasteiger partial charge in [0, 0.05) is 7.05 Å². The van der Waals surface area contributed by atoms with Crippen molar-refractivity contribution in [2.24, 2.45) is 0 Å². The van der Waals surface area contributed by atoms with Gasteiger partial charge < -0.3 is 9.84 Å². The Labute approximate surface area is 75.1 Å². The van der Waals surface area contributed by atoms with Crippen LogP contribution >= 0.6 is 0 Å². The molecule has 1 rings (SSSR count). The first kappa shape index (κ1) is 9.44. The van der Waals surface area contributed by atoms with E-state index in [0.717, 1.165) is 0 Å². The van der Waals surface area contributed by atoms with Crippen LogP contribution < -0.4 is 5.32 Å². The van der Waals surface area contributed by atoms with Gasteiger partial charge in [-0.3, -0.25) is 9.59 Å². The minimum absolute atomic E-state index is 0.0486. The summed E-state index contributed by atoms with van der Waals surface area (Å²) in [6, 6.07) is 0. The van der Waals surface area contributed by atoms with E-state index in [1.165, 1.54) is 14.0 Å². The molecule has 1 N–H and O–H groups in total. The average molecular weight is 182 g/mol. The molecule has 0 fully saturated rings. The second-order valence-electron chi connectivity index (χ2n) is 2.60. The number of carbonyl (C=O) groups is 2. The Morgan fingerprint density at radius 3 is 2.54 bits per heavy atom. The van der Waals surface area contributed by atoms with Crippen molar-refractivity contribution in [1.29, 1.82) is 0 Å². The topological polar surface area (TPSA) is 72.2 Å². The fourth-order valence-electron chi connectivity index (χ4n) is 1.06. The fraction of sp³-hybridized carbons (Fsp3) is 0.375. The molecular formula is C8H10N2O3. The van der Waals surface area contributed by atoms with E-state index < -0.39 is 5.91 Å². The molecule has 0 saturated heterocycles. The first-order chi connectivity index (χ1) is 6.07. The molecule has 0 aliphatic rings. The predicted molar refractivity (Wildman–Crippen MR) is 44.6 cm³/mol. The highest BCUT2D eigenvalue weighted by Gasteiger charge is 2.21. The highest BCUT2D eigenvalue weighted by Crippen LogP contribution is 2.13. The summed E-state index contributed by atoms with van der Waals surface area (Å²) < 4.78 is 4.75. The van der Waals surface area contributed by atoms with Crippen LogP contribution in [-0.2, 0) is 0 Å².